The monoisotopic (exact) mass is 1150 g/mol. The lowest BCUT2D eigenvalue weighted by Crippen LogP contribution is -2.54. The predicted molar refractivity (Wildman–Crippen MR) is 328 cm³/mol. The summed E-state index contributed by atoms with van der Waals surface area (Å²) in [6, 6.07) is 0. The lowest BCUT2D eigenvalue weighted by molar-refractivity contribution is -0.146. The molecular formula is C73H117N3O7. The van der Waals surface area contributed by atoms with E-state index in [0.717, 1.165) is 156 Å². The number of carbonyl (C=O) groups excluding carboxylic acids is 2. The van der Waals surface area contributed by atoms with Gasteiger partial charge < -0.3 is 28.7 Å². The highest BCUT2D eigenvalue weighted by atomic mass is 16.5. The average Bonchev–Trinajstić information content (AvgIpc) is 3.15. The maximum absolute atomic E-state index is 12.6. The van der Waals surface area contributed by atoms with E-state index in [1.807, 2.05) is 0 Å². The number of nitrogens with zero attached hydrogens (tertiary/aromatic N) is 3. The molecule has 13 aliphatic carbocycles. The molecule has 0 bridgehead atoms. The van der Waals surface area contributed by atoms with Crippen molar-refractivity contribution in [1.82, 2.24) is 15.0 Å². The fourth-order valence-electron chi connectivity index (χ4n) is 24.2. The van der Waals surface area contributed by atoms with E-state index in [2.05, 4.69) is 77.3 Å². The molecule has 10 heteroatoms. The summed E-state index contributed by atoms with van der Waals surface area (Å²) in [5.74, 6) is 12.3. The molecule has 21 unspecified atom stereocenters. The van der Waals surface area contributed by atoms with Crippen LogP contribution in [0.15, 0.2) is 23.0 Å². The summed E-state index contributed by atoms with van der Waals surface area (Å²) < 4.78 is 24.0. The van der Waals surface area contributed by atoms with Crippen LogP contribution in [0, 0.1) is 109 Å². The smallest absolute Gasteiger partial charge is 0.252 e. The number of fused-ring (bicyclic) bond motifs is 15. The molecule has 0 radical (unpaired) electrons. The fourth-order valence-corrected chi connectivity index (χ4v) is 24.2. The second-order valence-corrected chi connectivity index (χ2v) is 33.3. The van der Waals surface area contributed by atoms with E-state index in [1.54, 1.807) is 5.57 Å². The first-order valence-corrected chi connectivity index (χ1v) is 35.4. The molecule has 10 nitrogen and oxygen atoms in total. The van der Waals surface area contributed by atoms with E-state index in [1.165, 1.54) is 135 Å². The third-order valence-electron chi connectivity index (χ3n) is 29.6. The number of aliphatic hydroxyl groups is 1. The van der Waals surface area contributed by atoms with Crippen molar-refractivity contribution in [3.8, 4) is 0 Å². The van der Waals surface area contributed by atoms with Crippen molar-refractivity contribution in [3.05, 3.63) is 24.4 Å². The lowest BCUT2D eigenvalue weighted by atomic mass is 9.45. The minimum absolute atomic E-state index is 0.00521. The Morgan fingerprint density at radius 2 is 1.00 bits per heavy atom. The van der Waals surface area contributed by atoms with Crippen molar-refractivity contribution >= 4 is 11.6 Å². The van der Waals surface area contributed by atoms with Gasteiger partial charge in [-0.05, 0) is 312 Å². The predicted octanol–water partition coefficient (Wildman–Crippen LogP) is 16.0. The van der Waals surface area contributed by atoms with E-state index in [-0.39, 0.29) is 16.9 Å². The summed E-state index contributed by atoms with van der Waals surface area (Å²) in [4.78, 5) is 31.4. The van der Waals surface area contributed by atoms with E-state index in [0.29, 0.717) is 81.8 Å². The number of hydrogen-bond donors (Lipinski definition) is 1. The van der Waals surface area contributed by atoms with Gasteiger partial charge in [-0.2, -0.15) is 4.98 Å². The van der Waals surface area contributed by atoms with Crippen molar-refractivity contribution < 1.29 is 33.4 Å². The first kappa shape index (κ1) is 61.3. The van der Waals surface area contributed by atoms with E-state index >= 15 is 0 Å². The number of rotatable bonds is 11. The molecule has 83 heavy (non-hydrogen) atoms. The molecule has 1 heterocycles. The Bertz CT molecular complexity index is 2400. The van der Waals surface area contributed by atoms with Crippen LogP contribution in [0.25, 0.3) is 0 Å². The molecule has 0 saturated heterocycles. The van der Waals surface area contributed by atoms with Gasteiger partial charge in [-0.1, -0.05) is 58.9 Å². The molecule has 0 aromatic carbocycles. The molecular weight excluding hydrogens is 1030 g/mol. The molecule has 0 amide bonds. The van der Waals surface area contributed by atoms with Crippen LogP contribution in [-0.2, 0) is 30.4 Å². The van der Waals surface area contributed by atoms with Crippen LogP contribution in [0.1, 0.15) is 253 Å². The summed E-state index contributed by atoms with van der Waals surface area (Å²) in [5, 5.41) is 13.4. The number of carbonyl (C=O) groups is 2. The maximum atomic E-state index is 12.6. The zero-order valence-electron chi connectivity index (χ0n) is 53.8. The molecule has 14 rings (SSSR count). The third kappa shape index (κ3) is 11.5. The van der Waals surface area contributed by atoms with Crippen LogP contribution < -0.4 is 0 Å². The van der Waals surface area contributed by atoms with Crippen LogP contribution in [0.4, 0.5) is 0 Å². The minimum atomic E-state index is -0.0498. The second-order valence-electron chi connectivity index (χ2n) is 33.3. The Morgan fingerprint density at radius 1 is 0.542 bits per heavy atom. The Labute approximate surface area is 503 Å². The molecule has 0 spiro atoms. The van der Waals surface area contributed by atoms with Crippen molar-refractivity contribution in [1.29, 1.82) is 0 Å². The molecule has 1 aromatic rings. The van der Waals surface area contributed by atoms with Gasteiger partial charge in [0, 0.05) is 36.9 Å². The summed E-state index contributed by atoms with van der Waals surface area (Å²) in [5.41, 5.74) is 3.53. The number of allylic oxidation sites excluding steroid dienone is 1. The SMILES string of the molecule is C=C1CCC2C3CCC4CC(OCC5CCC(O)CC5)CCC4(C)C3CCC12C.CC12CCC3C(CCC4CC(OCc5ncno5)CCC43C)C1CCC2=O.CN(C)CCCOC1CCC2(C)C(CCC3C4CCC(=O)C4(C)CCC32)C1. The van der Waals surface area contributed by atoms with Gasteiger partial charge in [0.1, 0.15) is 18.2 Å². The highest BCUT2D eigenvalue weighted by Gasteiger charge is 2.63. The van der Waals surface area contributed by atoms with Gasteiger partial charge in [0.15, 0.2) is 6.33 Å². The zero-order chi connectivity index (χ0) is 58.1. The van der Waals surface area contributed by atoms with Crippen LogP contribution >= 0.6 is 0 Å². The second kappa shape index (κ2) is 24.4. The number of ketones is 2. The normalized spacial score (nSPS) is 48.7. The Kier molecular flexibility index (Phi) is 18.0. The Morgan fingerprint density at radius 3 is 1.48 bits per heavy atom. The van der Waals surface area contributed by atoms with Gasteiger partial charge in [0.05, 0.1) is 24.4 Å². The van der Waals surface area contributed by atoms with E-state index in [9.17, 15) is 14.7 Å². The summed E-state index contributed by atoms with van der Waals surface area (Å²) in [6.45, 7) is 22.9. The third-order valence-corrected chi connectivity index (χ3v) is 29.6. The summed E-state index contributed by atoms with van der Waals surface area (Å²) in [6.07, 6.45) is 42.1. The summed E-state index contributed by atoms with van der Waals surface area (Å²) in [7, 11) is 4.27. The highest BCUT2D eigenvalue weighted by Crippen LogP contribution is 2.70. The lowest BCUT2D eigenvalue weighted by Gasteiger charge is -2.60. The highest BCUT2D eigenvalue weighted by molar-refractivity contribution is 5.87. The number of aliphatic hydroxyl groups excluding tert-OH is 1. The van der Waals surface area contributed by atoms with Gasteiger partial charge in [-0.25, -0.2) is 0 Å². The largest absolute Gasteiger partial charge is 0.393 e. The fraction of sp³-hybridized carbons (Fsp3) is 0.918. The van der Waals surface area contributed by atoms with Crippen molar-refractivity contribution in [2.24, 2.45) is 109 Å². The summed E-state index contributed by atoms with van der Waals surface area (Å²) >= 11 is 0. The van der Waals surface area contributed by atoms with Crippen LogP contribution in [0.2, 0.25) is 0 Å². The van der Waals surface area contributed by atoms with E-state index < -0.39 is 0 Å². The van der Waals surface area contributed by atoms with Gasteiger partial charge >= 0.3 is 0 Å². The van der Waals surface area contributed by atoms with Crippen molar-refractivity contribution in [3.63, 3.8) is 0 Å². The first-order chi connectivity index (χ1) is 39.7. The van der Waals surface area contributed by atoms with Crippen LogP contribution in [0.5, 0.6) is 0 Å². The first-order valence-electron chi connectivity index (χ1n) is 35.4. The number of hydrogen-bond acceptors (Lipinski definition) is 10. The van der Waals surface area contributed by atoms with Crippen LogP contribution in [0.3, 0.4) is 0 Å². The van der Waals surface area contributed by atoms with Crippen LogP contribution in [-0.4, -0.2) is 90.0 Å². The number of aromatic nitrogens is 2. The van der Waals surface area contributed by atoms with Gasteiger partial charge in [-0.3, -0.25) is 9.59 Å². The molecule has 13 saturated carbocycles. The van der Waals surface area contributed by atoms with Crippen molar-refractivity contribution in [2.45, 2.75) is 278 Å². The van der Waals surface area contributed by atoms with Gasteiger partial charge in [0.2, 0.25) is 0 Å². The zero-order valence-corrected chi connectivity index (χ0v) is 53.8. The molecule has 13 aliphatic rings. The molecule has 1 N–H and O–H groups in total. The van der Waals surface area contributed by atoms with Gasteiger partial charge in [-0.15, -0.1) is 0 Å². The number of ether oxygens (including phenoxy) is 3. The average molecular weight is 1150 g/mol. The standard InChI is InChI=1S/C27H44O2.C24H41NO2.C22H32N2O3/c1-18-4-11-24-23-10-7-20-16-22(29-17-19-5-8-21(28)9-6-19)12-14-27(20,3)25(23)13-15-26(18,24)2;1-23-12-10-18(27-15-5-14-25(3)4)16-17(23)6-7-19-20-8-9-22(26)24(20,2)13-11-21(19)23;1-21-9-7-15(26-12-20-23-13-24-27-20)11-14(21)3-4-16-17-5-6-19(25)22(17,2)10-8-18(16)21/h19-25,28H,1,4-17H2,2-3H3;17-21H,5-16H2,1-4H3;13-18H,3-12H2,1-2H3. The Hall–Kier alpha value is -1.98. The minimum Gasteiger partial charge on any atom is -0.393 e. The van der Waals surface area contributed by atoms with Gasteiger partial charge in [0.25, 0.3) is 5.89 Å². The van der Waals surface area contributed by atoms with Crippen molar-refractivity contribution in [2.75, 3.05) is 33.9 Å². The molecule has 13 fully saturated rings. The molecule has 1 aromatic heterocycles. The van der Waals surface area contributed by atoms with E-state index in [4.69, 9.17) is 18.7 Å². The quantitative estimate of drug-likeness (QED) is 0.169. The Balaban J connectivity index is 0.000000123. The number of Topliss-reactive ketones (excluding diaryl/α,β-unsaturated/α-hetero) is 2. The maximum Gasteiger partial charge on any atom is 0.252 e. The molecule has 466 valence electrons. The molecule has 0 aliphatic heterocycles. The topological polar surface area (TPSA) is 124 Å². The molecule has 21 atom stereocenters.